The Morgan fingerprint density at radius 3 is 2.58 bits per heavy atom. The topological polar surface area (TPSA) is 90.2 Å². The number of nitro groups is 1. The van der Waals surface area contributed by atoms with Crippen LogP contribution >= 0.6 is 0 Å². The summed E-state index contributed by atoms with van der Waals surface area (Å²) >= 11 is 0. The minimum Gasteiger partial charge on any atom is -0.366 e. The second-order valence-electron chi connectivity index (χ2n) is 8.86. The molecule has 0 saturated carbocycles. The molecule has 0 aromatic heterocycles. The Hall–Kier alpha value is -2.68. The van der Waals surface area contributed by atoms with E-state index in [1.165, 1.54) is 6.07 Å². The van der Waals surface area contributed by atoms with E-state index < -0.39 is 0 Å². The van der Waals surface area contributed by atoms with Gasteiger partial charge in [-0.15, -0.1) is 0 Å². The molecular weight excluding hydrogens is 398 g/mol. The number of amides is 2. The molecule has 2 aliphatic rings. The summed E-state index contributed by atoms with van der Waals surface area (Å²) in [5.74, 6) is 0.342. The van der Waals surface area contributed by atoms with E-state index in [0.717, 1.165) is 38.9 Å². The molecule has 1 aromatic rings. The molecule has 1 unspecified atom stereocenters. The summed E-state index contributed by atoms with van der Waals surface area (Å²) in [5.41, 5.74) is 0.934. The molecule has 2 fully saturated rings. The molecule has 2 heterocycles. The van der Waals surface area contributed by atoms with Crippen molar-refractivity contribution in [1.82, 2.24) is 14.7 Å². The van der Waals surface area contributed by atoms with Gasteiger partial charge in [0.2, 0.25) is 5.91 Å². The van der Waals surface area contributed by atoms with E-state index in [-0.39, 0.29) is 22.4 Å². The minimum atomic E-state index is -0.387. The summed E-state index contributed by atoms with van der Waals surface area (Å²) in [7, 11) is 3.47. The zero-order valence-electron chi connectivity index (χ0n) is 18.7. The highest BCUT2D eigenvalue weighted by molar-refractivity contribution is 5.96. The molecule has 2 aliphatic heterocycles. The zero-order valence-corrected chi connectivity index (χ0v) is 18.7. The lowest BCUT2D eigenvalue weighted by Gasteiger charge is -2.32. The Bertz CT molecular complexity index is 828. The number of piperidine rings is 1. The van der Waals surface area contributed by atoms with Crippen molar-refractivity contribution in [2.24, 2.45) is 5.92 Å². The van der Waals surface area contributed by atoms with Gasteiger partial charge < -0.3 is 14.7 Å². The van der Waals surface area contributed by atoms with Gasteiger partial charge in [-0.25, -0.2) is 0 Å². The monoisotopic (exact) mass is 431 g/mol. The molecule has 170 valence electrons. The standard InChI is InChI=1S/C22H33N5O4/c1-17-6-4-10-26(15-17)19-8-7-18(14-20(19)27(30)31)22(29)25-11-5-9-24(12-13-25)16-21(28)23(2)3/h7-8,14,17H,4-6,9-13,15-16H2,1-3H3. The average Bonchev–Trinajstić information content (AvgIpc) is 2.98. The number of hydrogen-bond donors (Lipinski definition) is 0. The lowest BCUT2D eigenvalue weighted by molar-refractivity contribution is -0.384. The van der Waals surface area contributed by atoms with Crippen LogP contribution in [0.4, 0.5) is 11.4 Å². The third-order valence-corrected chi connectivity index (χ3v) is 6.15. The molecule has 3 rings (SSSR count). The van der Waals surface area contributed by atoms with Crippen molar-refractivity contribution < 1.29 is 14.5 Å². The summed E-state index contributed by atoms with van der Waals surface area (Å²) in [6.45, 7) is 6.51. The number of nitrogens with zero attached hydrogens (tertiary/aromatic N) is 5. The van der Waals surface area contributed by atoms with Crippen LogP contribution in [0.5, 0.6) is 0 Å². The smallest absolute Gasteiger partial charge is 0.293 e. The number of carbonyl (C=O) groups is 2. The summed E-state index contributed by atoms with van der Waals surface area (Å²) in [5, 5.41) is 11.8. The van der Waals surface area contributed by atoms with Crippen molar-refractivity contribution >= 4 is 23.2 Å². The first-order valence-electron chi connectivity index (χ1n) is 11.0. The highest BCUT2D eigenvalue weighted by Crippen LogP contribution is 2.32. The number of benzene rings is 1. The normalized spacial score (nSPS) is 20.3. The van der Waals surface area contributed by atoms with Crippen LogP contribution in [0.25, 0.3) is 0 Å². The summed E-state index contributed by atoms with van der Waals surface area (Å²) < 4.78 is 0. The number of hydrogen-bond acceptors (Lipinski definition) is 6. The van der Waals surface area contributed by atoms with Gasteiger partial charge >= 0.3 is 0 Å². The fourth-order valence-corrected chi connectivity index (χ4v) is 4.33. The van der Waals surface area contributed by atoms with E-state index >= 15 is 0 Å². The largest absolute Gasteiger partial charge is 0.366 e. The van der Waals surface area contributed by atoms with Gasteiger partial charge in [0.25, 0.3) is 11.6 Å². The first kappa shape index (κ1) is 23.0. The first-order valence-corrected chi connectivity index (χ1v) is 11.0. The third kappa shape index (κ3) is 5.72. The highest BCUT2D eigenvalue weighted by Gasteiger charge is 2.27. The molecule has 0 radical (unpaired) electrons. The van der Waals surface area contributed by atoms with Crippen molar-refractivity contribution in [2.75, 3.05) is 64.8 Å². The van der Waals surface area contributed by atoms with Crippen molar-refractivity contribution in [2.45, 2.75) is 26.2 Å². The van der Waals surface area contributed by atoms with E-state index in [1.54, 1.807) is 36.0 Å². The summed E-state index contributed by atoms with van der Waals surface area (Å²) in [4.78, 5) is 43.9. The molecule has 1 aromatic carbocycles. The van der Waals surface area contributed by atoms with Gasteiger partial charge in [-0.05, 0) is 37.3 Å². The van der Waals surface area contributed by atoms with Gasteiger partial charge in [-0.1, -0.05) is 6.92 Å². The Morgan fingerprint density at radius 1 is 1.13 bits per heavy atom. The quantitative estimate of drug-likeness (QED) is 0.524. The van der Waals surface area contributed by atoms with Crippen LogP contribution in [0.3, 0.4) is 0 Å². The molecule has 0 bridgehead atoms. The maximum atomic E-state index is 13.1. The fourth-order valence-electron chi connectivity index (χ4n) is 4.33. The van der Waals surface area contributed by atoms with Crippen molar-refractivity contribution in [3.8, 4) is 0 Å². The molecule has 1 atom stereocenters. The molecule has 9 heteroatoms. The molecule has 2 amide bonds. The van der Waals surface area contributed by atoms with Gasteiger partial charge in [0, 0.05) is 65.0 Å². The van der Waals surface area contributed by atoms with E-state index in [1.807, 2.05) is 0 Å². The molecule has 0 spiro atoms. The number of likely N-dealkylation sites (N-methyl/N-ethyl adjacent to an activating group) is 1. The van der Waals surface area contributed by atoms with E-state index in [4.69, 9.17) is 0 Å². The predicted octanol–water partition coefficient (Wildman–Crippen LogP) is 2.07. The molecule has 0 aliphatic carbocycles. The second kappa shape index (κ2) is 10.1. The Balaban J connectivity index is 1.72. The Labute approximate surface area is 183 Å². The van der Waals surface area contributed by atoms with Crippen LogP contribution in [0.1, 0.15) is 36.5 Å². The maximum Gasteiger partial charge on any atom is 0.293 e. The van der Waals surface area contributed by atoms with Crippen LogP contribution in [-0.2, 0) is 4.79 Å². The third-order valence-electron chi connectivity index (χ3n) is 6.15. The number of carbonyl (C=O) groups excluding carboxylic acids is 2. The molecule has 9 nitrogen and oxygen atoms in total. The molecule has 0 N–H and O–H groups in total. The van der Waals surface area contributed by atoms with E-state index in [2.05, 4.69) is 16.7 Å². The molecule has 31 heavy (non-hydrogen) atoms. The lowest BCUT2D eigenvalue weighted by atomic mass is 9.99. The summed E-state index contributed by atoms with van der Waals surface area (Å²) in [6.07, 6.45) is 2.91. The Morgan fingerprint density at radius 2 is 1.90 bits per heavy atom. The Kier molecular flexibility index (Phi) is 7.48. The van der Waals surface area contributed by atoms with Gasteiger partial charge in [-0.2, -0.15) is 0 Å². The minimum absolute atomic E-state index is 0.00650. The van der Waals surface area contributed by atoms with Gasteiger partial charge in [0.15, 0.2) is 0 Å². The zero-order chi connectivity index (χ0) is 22.5. The van der Waals surface area contributed by atoms with Crippen LogP contribution < -0.4 is 4.90 Å². The number of anilines is 1. The van der Waals surface area contributed by atoms with Crippen molar-refractivity contribution in [1.29, 1.82) is 0 Å². The average molecular weight is 432 g/mol. The lowest BCUT2D eigenvalue weighted by Crippen LogP contribution is -2.39. The molecule has 2 saturated heterocycles. The summed E-state index contributed by atoms with van der Waals surface area (Å²) in [6, 6.07) is 4.86. The number of nitro benzene ring substituents is 1. The van der Waals surface area contributed by atoms with Gasteiger partial charge in [0.1, 0.15) is 5.69 Å². The predicted molar refractivity (Wildman–Crippen MR) is 119 cm³/mol. The van der Waals surface area contributed by atoms with Crippen LogP contribution in [-0.4, -0.2) is 91.3 Å². The first-order chi connectivity index (χ1) is 14.8. The maximum absolute atomic E-state index is 13.1. The van der Waals surface area contributed by atoms with E-state index in [0.29, 0.717) is 43.3 Å². The van der Waals surface area contributed by atoms with Crippen molar-refractivity contribution in [3.05, 3.63) is 33.9 Å². The SMILES string of the molecule is CC1CCCN(c2ccc(C(=O)N3CCCN(CC(=O)N(C)C)CC3)cc2[N+](=O)[O-])C1. The second-order valence-corrected chi connectivity index (χ2v) is 8.86. The number of rotatable bonds is 5. The van der Waals surface area contributed by atoms with E-state index in [9.17, 15) is 19.7 Å². The van der Waals surface area contributed by atoms with Gasteiger partial charge in [0.05, 0.1) is 11.5 Å². The van der Waals surface area contributed by atoms with Crippen LogP contribution in [0.2, 0.25) is 0 Å². The highest BCUT2D eigenvalue weighted by atomic mass is 16.6. The van der Waals surface area contributed by atoms with Crippen LogP contribution in [0, 0.1) is 16.0 Å². The van der Waals surface area contributed by atoms with Crippen LogP contribution in [0.15, 0.2) is 18.2 Å². The molecular formula is C22H33N5O4. The fraction of sp³-hybridized carbons (Fsp3) is 0.636. The van der Waals surface area contributed by atoms with Gasteiger partial charge in [-0.3, -0.25) is 24.6 Å². The van der Waals surface area contributed by atoms with Crippen molar-refractivity contribution in [3.63, 3.8) is 0 Å².